The summed E-state index contributed by atoms with van der Waals surface area (Å²) < 4.78 is 5.07. The molecule has 0 aromatic carbocycles. The summed E-state index contributed by atoms with van der Waals surface area (Å²) in [4.78, 5) is 12.2. The third-order valence-corrected chi connectivity index (χ3v) is 7.89. The molecule has 7 atom stereocenters. The summed E-state index contributed by atoms with van der Waals surface area (Å²) in [6.45, 7) is 7.51. The van der Waals surface area contributed by atoms with Crippen molar-refractivity contribution in [2.75, 3.05) is 13.7 Å². The van der Waals surface area contributed by atoms with Crippen LogP contribution in [0.2, 0.25) is 0 Å². The van der Waals surface area contributed by atoms with Crippen molar-refractivity contribution >= 4 is 5.97 Å². The van der Waals surface area contributed by atoms with Crippen LogP contribution in [-0.4, -0.2) is 24.8 Å². The summed E-state index contributed by atoms with van der Waals surface area (Å²) >= 11 is 0. The molecule has 1 unspecified atom stereocenters. The van der Waals surface area contributed by atoms with Gasteiger partial charge in [-0.25, -0.2) is 0 Å². The number of rotatable bonds is 4. The Bertz CT molecular complexity index is 513. The quantitative estimate of drug-likeness (QED) is 0.619. The first-order chi connectivity index (χ1) is 11.4. The molecular weight excluding hydrogens is 300 g/mol. The Hall–Kier alpha value is -0.830. The van der Waals surface area contributed by atoms with Crippen LogP contribution in [0, 0.1) is 40.4 Å². The number of carbonyl (C=O) groups excluding carboxylic acids is 1. The van der Waals surface area contributed by atoms with Crippen molar-refractivity contribution in [3.05, 3.63) is 12.2 Å². The van der Waals surface area contributed by atoms with Gasteiger partial charge in [-0.05, 0) is 73.0 Å². The molecule has 3 aliphatic rings. The fourth-order valence-corrected chi connectivity index (χ4v) is 6.71. The van der Waals surface area contributed by atoms with Gasteiger partial charge in [-0.3, -0.25) is 4.79 Å². The van der Waals surface area contributed by atoms with Crippen LogP contribution in [0.4, 0.5) is 0 Å². The van der Waals surface area contributed by atoms with Gasteiger partial charge in [-0.15, -0.1) is 0 Å². The van der Waals surface area contributed by atoms with E-state index in [0.29, 0.717) is 23.7 Å². The lowest BCUT2D eigenvalue weighted by atomic mass is 9.46. The van der Waals surface area contributed by atoms with Gasteiger partial charge in [0.05, 0.1) is 13.0 Å². The van der Waals surface area contributed by atoms with Gasteiger partial charge in [0, 0.05) is 6.61 Å². The molecule has 136 valence electrons. The van der Waals surface area contributed by atoms with Crippen LogP contribution in [0.3, 0.4) is 0 Å². The summed E-state index contributed by atoms with van der Waals surface area (Å²) in [6, 6.07) is 0. The van der Waals surface area contributed by atoms with Crippen molar-refractivity contribution in [3.63, 3.8) is 0 Å². The van der Waals surface area contributed by atoms with E-state index in [4.69, 9.17) is 4.74 Å². The summed E-state index contributed by atoms with van der Waals surface area (Å²) in [5, 5.41) is 9.37. The lowest BCUT2D eigenvalue weighted by Crippen LogP contribution is -2.52. The predicted octanol–water partition coefficient (Wildman–Crippen LogP) is 4.20. The number of ether oxygens (including phenoxy) is 1. The minimum absolute atomic E-state index is 0.0325. The largest absolute Gasteiger partial charge is 0.469 e. The maximum atomic E-state index is 12.2. The smallest absolute Gasteiger partial charge is 0.308 e. The molecule has 0 aromatic heterocycles. The van der Waals surface area contributed by atoms with Gasteiger partial charge in [-0.1, -0.05) is 32.9 Å². The van der Waals surface area contributed by atoms with Crippen molar-refractivity contribution in [1.29, 1.82) is 0 Å². The maximum Gasteiger partial charge on any atom is 0.308 e. The molecule has 3 aliphatic carbocycles. The molecule has 2 fully saturated rings. The highest BCUT2D eigenvalue weighted by molar-refractivity contribution is 5.73. The maximum absolute atomic E-state index is 12.2. The van der Waals surface area contributed by atoms with Crippen LogP contribution in [0.15, 0.2) is 12.2 Å². The van der Waals surface area contributed by atoms with Crippen molar-refractivity contribution < 1.29 is 14.6 Å². The normalized spacial score (nSPS) is 47.1. The van der Waals surface area contributed by atoms with E-state index in [0.717, 1.165) is 25.7 Å². The summed E-state index contributed by atoms with van der Waals surface area (Å²) in [6.07, 6.45) is 11.3. The van der Waals surface area contributed by atoms with Gasteiger partial charge in [0.15, 0.2) is 0 Å². The second-order valence-corrected chi connectivity index (χ2v) is 9.08. The van der Waals surface area contributed by atoms with Crippen molar-refractivity contribution in [1.82, 2.24) is 0 Å². The van der Waals surface area contributed by atoms with E-state index in [9.17, 15) is 9.90 Å². The molecule has 0 aliphatic heterocycles. The van der Waals surface area contributed by atoms with Crippen molar-refractivity contribution in [2.24, 2.45) is 40.4 Å². The molecular formula is C21H34O3. The minimum Gasteiger partial charge on any atom is -0.469 e. The van der Waals surface area contributed by atoms with Gasteiger partial charge in [0.2, 0.25) is 0 Å². The molecule has 0 spiro atoms. The number of fused-ring (bicyclic) bond motifs is 3. The number of aliphatic hydroxyl groups is 1. The fraction of sp³-hybridized carbons (Fsp3) is 0.857. The van der Waals surface area contributed by atoms with Crippen LogP contribution in [0.25, 0.3) is 0 Å². The molecule has 0 radical (unpaired) electrons. The number of carbonyl (C=O) groups is 1. The van der Waals surface area contributed by atoms with E-state index >= 15 is 0 Å². The minimum atomic E-state index is -0.0325. The van der Waals surface area contributed by atoms with Crippen LogP contribution >= 0.6 is 0 Å². The third kappa shape index (κ3) is 2.64. The first-order valence-corrected chi connectivity index (χ1v) is 9.75. The first kappa shape index (κ1) is 18.0. The molecule has 1 N–H and O–H groups in total. The SMILES string of the molecule is COC(=O)C1C[C@H]2[C@@]3(C)[C@H](CCCO)[C@@H](C)CC[C@@H]3C=C[C@@]2(C)C1. The Morgan fingerprint density at radius 2 is 2.08 bits per heavy atom. The van der Waals surface area contributed by atoms with Crippen molar-refractivity contribution in [2.45, 2.75) is 59.3 Å². The number of hydrogen-bond donors (Lipinski definition) is 1. The van der Waals surface area contributed by atoms with Gasteiger partial charge < -0.3 is 9.84 Å². The molecule has 0 saturated heterocycles. The molecule has 0 aromatic rings. The van der Waals surface area contributed by atoms with Crippen molar-refractivity contribution in [3.8, 4) is 0 Å². The van der Waals surface area contributed by atoms with Gasteiger partial charge in [0.25, 0.3) is 0 Å². The molecule has 3 nitrogen and oxygen atoms in total. The number of aliphatic hydroxyl groups excluding tert-OH is 1. The zero-order valence-corrected chi connectivity index (χ0v) is 15.8. The van der Waals surface area contributed by atoms with Gasteiger partial charge >= 0.3 is 5.97 Å². The predicted molar refractivity (Wildman–Crippen MR) is 95.3 cm³/mol. The van der Waals surface area contributed by atoms with Crippen LogP contribution < -0.4 is 0 Å². The highest BCUT2D eigenvalue weighted by Crippen LogP contribution is 2.66. The van der Waals surface area contributed by atoms with Gasteiger partial charge in [0.1, 0.15) is 0 Å². The Labute approximate surface area is 146 Å². The van der Waals surface area contributed by atoms with E-state index < -0.39 is 0 Å². The standard InChI is InChI=1S/C21H34O3/c1-14-7-8-16-9-10-20(2)13-15(19(23)24-4)12-18(20)21(16,3)17(14)6-5-11-22/h9-10,14-18,22H,5-8,11-13H2,1-4H3/t14-,15?,16+,17+,18+,20-,21+/m0/s1. The highest BCUT2D eigenvalue weighted by Gasteiger charge is 2.60. The van der Waals surface area contributed by atoms with E-state index in [1.54, 1.807) is 0 Å². The number of hydrogen-bond acceptors (Lipinski definition) is 3. The Morgan fingerprint density at radius 1 is 1.33 bits per heavy atom. The second kappa shape index (κ2) is 6.48. The van der Waals surface area contributed by atoms with E-state index in [1.165, 1.54) is 20.0 Å². The lowest BCUT2D eigenvalue weighted by Gasteiger charge is -2.59. The lowest BCUT2D eigenvalue weighted by molar-refractivity contribution is -0.145. The highest BCUT2D eigenvalue weighted by atomic mass is 16.5. The average Bonchev–Trinajstić information content (AvgIpc) is 2.92. The zero-order valence-electron chi connectivity index (χ0n) is 15.8. The van der Waals surface area contributed by atoms with Crippen LogP contribution in [-0.2, 0) is 9.53 Å². The van der Waals surface area contributed by atoms with Crippen LogP contribution in [0.5, 0.6) is 0 Å². The fourth-order valence-electron chi connectivity index (χ4n) is 6.71. The molecule has 3 rings (SSSR count). The Kier molecular flexibility index (Phi) is 4.85. The van der Waals surface area contributed by atoms with Gasteiger partial charge in [-0.2, -0.15) is 0 Å². The van der Waals surface area contributed by atoms with E-state index in [2.05, 4.69) is 32.9 Å². The third-order valence-electron chi connectivity index (χ3n) is 7.89. The molecule has 0 bridgehead atoms. The van der Waals surface area contributed by atoms with E-state index in [-0.39, 0.29) is 29.3 Å². The number of esters is 1. The summed E-state index contributed by atoms with van der Waals surface area (Å²) in [5.74, 6) is 2.50. The second-order valence-electron chi connectivity index (χ2n) is 9.08. The number of allylic oxidation sites excluding steroid dienone is 2. The monoisotopic (exact) mass is 334 g/mol. The summed E-state index contributed by atoms with van der Waals surface area (Å²) in [7, 11) is 1.51. The molecule has 0 amide bonds. The first-order valence-electron chi connectivity index (χ1n) is 9.75. The average molecular weight is 335 g/mol. The molecule has 0 heterocycles. The zero-order chi connectivity index (χ0) is 17.5. The molecule has 3 heteroatoms. The number of methoxy groups -OCH3 is 1. The Morgan fingerprint density at radius 3 is 2.75 bits per heavy atom. The molecule has 2 saturated carbocycles. The Balaban J connectivity index is 1.95. The van der Waals surface area contributed by atoms with E-state index in [1.807, 2.05) is 0 Å². The summed E-state index contributed by atoms with van der Waals surface area (Å²) in [5.41, 5.74) is 0.345. The molecule has 24 heavy (non-hydrogen) atoms. The topological polar surface area (TPSA) is 46.5 Å². The van der Waals surface area contributed by atoms with Crippen LogP contribution in [0.1, 0.15) is 59.3 Å².